The lowest BCUT2D eigenvalue weighted by molar-refractivity contribution is 0.0952. The van der Waals surface area contributed by atoms with Crippen molar-refractivity contribution < 1.29 is 9.53 Å². The monoisotopic (exact) mass is 336 g/mol. The maximum Gasteiger partial charge on any atom is 0.251 e. The first-order chi connectivity index (χ1) is 9.70. The number of nitrogens with zero attached hydrogens (tertiary/aromatic N) is 1. The number of rotatable bonds is 6. The number of carbonyl (C=O) groups excluding carboxylic acids is 1. The molecule has 1 atom stereocenters. The highest BCUT2D eigenvalue weighted by atomic mass is 79.9. The molecular weight excluding hydrogens is 320 g/mol. The maximum atomic E-state index is 12.0. The highest BCUT2D eigenvalue weighted by molar-refractivity contribution is 9.09. The van der Waals surface area contributed by atoms with Crippen molar-refractivity contribution in [2.45, 2.75) is 11.2 Å². The molecule has 0 aliphatic heterocycles. The zero-order chi connectivity index (χ0) is 14.4. The van der Waals surface area contributed by atoms with Crippen molar-refractivity contribution in [2.24, 2.45) is 0 Å². The summed E-state index contributed by atoms with van der Waals surface area (Å²) in [4.78, 5) is 16.5. The summed E-state index contributed by atoms with van der Waals surface area (Å²) >= 11 is 3.49. The van der Waals surface area contributed by atoms with E-state index in [0.717, 1.165) is 17.3 Å². The van der Waals surface area contributed by atoms with Crippen LogP contribution in [-0.2, 0) is 4.74 Å². The summed E-state index contributed by atoms with van der Waals surface area (Å²) in [7, 11) is 1.66. The van der Waals surface area contributed by atoms with Crippen LogP contribution in [-0.4, -0.2) is 36.0 Å². The molecule has 2 rings (SSSR count). The number of amides is 1. The fourth-order valence-corrected chi connectivity index (χ4v) is 2.42. The Morgan fingerprint density at radius 3 is 3.10 bits per heavy atom. The second-order valence-corrected chi connectivity index (χ2v) is 5.80. The minimum Gasteiger partial charge on any atom is -0.384 e. The lowest BCUT2D eigenvalue weighted by atomic mass is 10.1. The van der Waals surface area contributed by atoms with Crippen LogP contribution >= 0.6 is 15.9 Å². The van der Waals surface area contributed by atoms with Crippen LogP contribution < -0.4 is 5.32 Å². The smallest absolute Gasteiger partial charge is 0.251 e. The molecule has 4 nitrogen and oxygen atoms in total. The van der Waals surface area contributed by atoms with Gasteiger partial charge >= 0.3 is 0 Å². The molecule has 0 saturated heterocycles. The molecule has 1 amide bonds. The molecule has 0 aliphatic carbocycles. The van der Waals surface area contributed by atoms with E-state index in [9.17, 15) is 4.79 Å². The number of alkyl halides is 1. The standard InChI is InChI=1S/C15H17BrN2O2/c1-20-10-13(16)6-8-18-15(19)12-4-5-14-11(9-12)3-2-7-17-14/h2-5,7,9,13H,6,8,10H2,1H3,(H,18,19). The quantitative estimate of drug-likeness (QED) is 0.825. The Bertz CT molecular complexity index is 589. The summed E-state index contributed by atoms with van der Waals surface area (Å²) in [6.07, 6.45) is 2.57. The normalized spacial score (nSPS) is 12.3. The first-order valence-electron chi connectivity index (χ1n) is 6.46. The fourth-order valence-electron chi connectivity index (χ4n) is 1.93. The topological polar surface area (TPSA) is 51.2 Å². The van der Waals surface area contributed by atoms with Gasteiger partial charge in [-0.15, -0.1) is 0 Å². The predicted octanol–water partition coefficient (Wildman–Crippen LogP) is 2.76. The summed E-state index contributed by atoms with van der Waals surface area (Å²) in [6, 6.07) is 9.34. The number of aromatic nitrogens is 1. The molecule has 1 aromatic heterocycles. The summed E-state index contributed by atoms with van der Waals surface area (Å²) in [5.74, 6) is -0.0622. The van der Waals surface area contributed by atoms with E-state index in [4.69, 9.17) is 4.74 Å². The molecule has 1 heterocycles. The molecule has 106 valence electrons. The number of hydrogen-bond donors (Lipinski definition) is 1. The number of methoxy groups -OCH3 is 1. The van der Waals surface area contributed by atoms with Gasteiger partial charge in [-0.2, -0.15) is 0 Å². The van der Waals surface area contributed by atoms with Crippen molar-refractivity contribution in [1.82, 2.24) is 10.3 Å². The second kappa shape index (κ2) is 7.36. The van der Waals surface area contributed by atoms with E-state index in [2.05, 4.69) is 26.2 Å². The Balaban J connectivity index is 1.94. The van der Waals surface area contributed by atoms with Gasteiger partial charge in [-0.25, -0.2) is 0 Å². The molecule has 1 unspecified atom stereocenters. The minimum atomic E-state index is -0.0622. The third-order valence-electron chi connectivity index (χ3n) is 2.96. The van der Waals surface area contributed by atoms with Crippen LogP contribution in [0, 0.1) is 0 Å². The first-order valence-corrected chi connectivity index (χ1v) is 7.38. The highest BCUT2D eigenvalue weighted by Gasteiger charge is 2.08. The first kappa shape index (κ1) is 14.9. The van der Waals surface area contributed by atoms with Crippen molar-refractivity contribution in [3.05, 3.63) is 42.1 Å². The number of benzene rings is 1. The number of nitrogens with one attached hydrogen (secondary N) is 1. The molecule has 0 radical (unpaired) electrons. The van der Waals surface area contributed by atoms with Crippen LogP contribution in [0.1, 0.15) is 16.8 Å². The molecule has 5 heteroatoms. The van der Waals surface area contributed by atoms with Crippen molar-refractivity contribution >= 4 is 32.7 Å². The zero-order valence-electron chi connectivity index (χ0n) is 11.3. The van der Waals surface area contributed by atoms with Crippen LogP contribution in [0.2, 0.25) is 0 Å². The van der Waals surface area contributed by atoms with Crippen LogP contribution in [0.3, 0.4) is 0 Å². The number of ether oxygens (including phenoxy) is 1. The van der Waals surface area contributed by atoms with Crippen LogP contribution in [0.15, 0.2) is 36.5 Å². The molecule has 0 fully saturated rings. The SMILES string of the molecule is COCC(Br)CCNC(=O)c1ccc2ncccc2c1. The van der Waals surface area contributed by atoms with Crippen molar-refractivity contribution in [1.29, 1.82) is 0 Å². The number of pyridine rings is 1. The van der Waals surface area contributed by atoms with Gasteiger partial charge in [0.05, 0.1) is 12.1 Å². The molecule has 0 spiro atoms. The molecule has 0 saturated carbocycles. The maximum absolute atomic E-state index is 12.0. The van der Waals surface area contributed by atoms with E-state index in [1.807, 2.05) is 24.3 Å². The van der Waals surface area contributed by atoms with Gasteiger partial charge in [-0.3, -0.25) is 9.78 Å². The summed E-state index contributed by atoms with van der Waals surface area (Å²) in [6.45, 7) is 1.25. The summed E-state index contributed by atoms with van der Waals surface area (Å²) < 4.78 is 5.03. The van der Waals surface area contributed by atoms with Crippen LogP contribution in [0.4, 0.5) is 0 Å². The number of fused-ring (bicyclic) bond motifs is 1. The van der Waals surface area contributed by atoms with E-state index in [-0.39, 0.29) is 10.7 Å². The average Bonchev–Trinajstić information content (AvgIpc) is 2.47. The van der Waals surface area contributed by atoms with Gasteiger partial charge in [0.15, 0.2) is 0 Å². The lowest BCUT2D eigenvalue weighted by Crippen LogP contribution is -2.26. The van der Waals surface area contributed by atoms with Gasteiger partial charge in [0.2, 0.25) is 0 Å². The van der Waals surface area contributed by atoms with Crippen molar-refractivity contribution in [3.63, 3.8) is 0 Å². The Kier molecular flexibility index (Phi) is 5.49. The average molecular weight is 337 g/mol. The zero-order valence-corrected chi connectivity index (χ0v) is 12.9. The Hall–Kier alpha value is -1.46. The molecule has 2 aromatic rings. The van der Waals surface area contributed by atoms with E-state index in [1.165, 1.54) is 0 Å². The van der Waals surface area contributed by atoms with Gasteiger partial charge < -0.3 is 10.1 Å². The largest absolute Gasteiger partial charge is 0.384 e. The number of hydrogen-bond acceptors (Lipinski definition) is 3. The molecule has 0 aliphatic rings. The van der Waals surface area contributed by atoms with Gasteiger partial charge in [0.1, 0.15) is 0 Å². The van der Waals surface area contributed by atoms with Crippen LogP contribution in [0.25, 0.3) is 10.9 Å². The predicted molar refractivity (Wildman–Crippen MR) is 83.3 cm³/mol. The molecule has 0 bridgehead atoms. The third-order valence-corrected chi connectivity index (χ3v) is 3.68. The van der Waals surface area contributed by atoms with E-state index in [1.54, 1.807) is 19.4 Å². The number of carbonyl (C=O) groups is 1. The van der Waals surface area contributed by atoms with E-state index >= 15 is 0 Å². The lowest BCUT2D eigenvalue weighted by Gasteiger charge is -2.09. The Morgan fingerprint density at radius 2 is 2.30 bits per heavy atom. The van der Waals surface area contributed by atoms with Crippen LogP contribution in [0.5, 0.6) is 0 Å². The minimum absolute atomic E-state index is 0.0622. The Labute approximate surface area is 126 Å². The molecular formula is C15H17BrN2O2. The molecule has 1 aromatic carbocycles. The van der Waals surface area contributed by atoms with Crippen molar-refractivity contribution in [3.8, 4) is 0 Å². The fraction of sp³-hybridized carbons (Fsp3) is 0.333. The summed E-state index contributed by atoms with van der Waals surface area (Å²) in [5.41, 5.74) is 1.55. The van der Waals surface area contributed by atoms with Gasteiger partial charge in [0, 0.05) is 35.6 Å². The summed E-state index contributed by atoms with van der Waals surface area (Å²) in [5, 5.41) is 3.88. The van der Waals surface area contributed by atoms with E-state index in [0.29, 0.717) is 18.7 Å². The highest BCUT2D eigenvalue weighted by Crippen LogP contribution is 2.13. The molecule has 20 heavy (non-hydrogen) atoms. The molecule has 1 N–H and O–H groups in total. The van der Waals surface area contributed by atoms with Gasteiger partial charge in [-0.1, -0.05) is 22.0 Å². The third kappa shape index (κ3) is 4.02. The second-order valence-electron chi connectivity index (χ2n) is 4.51. The van der Waals surface area contributed by atoms with Gasteiger partial charge in [0.25, 0.3) is 5.91 Å². The van der Waals surface area contributed by atoms with Crippen molar-refractivity contribution in [2.75, 3.05) is 20.3 Å². The Morgan fingerprint density at radius 1 is 1.45 bits per heavy atom. The number of halogens is 1. The van der Waals surface area contributed by atoms with Gasteiger partial charge in [-0.05, 0) is 30.7 Å². The van der Waals surface area contributed by atoms with E-state index < -0.39 is 0 Å².